The maximum absolute atomic E-state index is 4.02. The molecule has 0 unspecified atom stereocenters. The van der Waals surface area contributed by atoms with Gasteiger partial charge in [-0.3, -0.25) is 4.99 Å². The number of rotatable bonds is 3. The minimum Gasteiger partial charge on any atom is -0.274 e. The first kappa shape index (κ1) is 8.34. The monoisotopic (exact) mass is 126 g/mol. The summed E-state index contributed by atoms with van der Waals surface area (Å²) in [7, 11) is 0. The summed E-state index contributed by atoms with van der Waals surface area (Å²) in [5, 5.41) is 0. The third-order valence-electron chi connectivity index (χ3n) is 0.750. The number of hydrogen-bond acceptors (Lipinski definition) is 1. The predicted octanol–water partition coefficient (Wildman–Crippen LogP) is 1.91. The lowest BCUT2D eigenvalue weighted by molar-refractivity contribution is 0.935. The number of aliphatic imine (C=N–C) groups is 2. The molecule has 0 aliphatic carbocycles. The molecule has 0 heterocycles. The Morgan fingerprint density at radius 3 is 2.56 bits per heavy atom. The fourth-order valence-corrected chi connectivity index (χ4v) is 0.343. The van der Waals surface area contributed by atoms with E-state index in [4.69, 9.17) is 0 Å². The van der Waals surface area contributed by atoms with Gasteiger partial charge in [-0.2, -0.15) is 0 Å². The van der Waals surface area contributed by atoms with Crippen LogP contribution in [0.3, 0.4) is 0 Å². The molecule has 0 aromatic carbocycles. The molecule has 0 N–H and O–H groups in total. The van der Waals surface area contributed by atoms with Crippen LogP contribution in [0.2, 0.25) is 0 Å². The minimum atomic E-state index is 0.886. The zero-order valence-electron chi connectivity index (χ0n) is 6.39. The van der Waals surface area contributed by atoms with Gasteiger partial charge in [0.2, 0.25) is 0 Å². The van der Waals surface area contributed by atoms with Crippen LogP contribution < -0.4 is 0 Å². The highest BCUT2D eigenvalue weighted by Crippen LogP contribution is 1.76. The first-order valence-corrected chi connectivity index (χ1v) is 3.26. The quantitative estimate of drug-likeness (QED) is 0.407. The maximum atomic E-state index is 4.02. The highest BCUT2D eigenvalue weighted by Gasteiger charge is 1.72. The third-order valence-corrected chi connectivity index (χ3v) is 0.750. The van der Waals surface area contributed by atoms with E-state index >= 15 is 0 Å². The summed E-state index contributed by atoms with van der Waals surface area (Å²) >= 11 is 0. The molecule has 0 aromatic heterocycles. The molecule has 0 spiro atoms. The van der Waals surface area contributed by atoms with Crippen molar-refractivity contribution in [2.24, 2.45) is 9.98 Å². The van der Waals surface area contributed by atoms with Crippen molar-refractivity contribution in [1.82, 2.24) is 0 Å². The van der Waals surface area contributed by atoms with Gasteiger partial charge in [0.1, 0.15) is 6.34 Å². The topological polar surface area (TPSA) is 24.7 Å². The van der Waals surface area contributed by atoms with Crippen LogP contribution in [0.1, 0.15) is 27.2 Å². The van der Waals surface area contributed by atoms with Crippen LogP contribution >= 0.6 is 0 Å². The van der Waals surface area contributed by atoms with Crippen LogP contribution in [0.4, 0.5) is 0 Å². The van der Waals surface area contributed by atoms with Gasteiger partial charge in [0.05, 0.1) is 0 Å². The molecule has 0 fully saturated rings. The fraction of sp³-hybridized carbons (Fsp3) is 0.714. The van der Waals surface area contributed by atoms with Gasteiger partial charge in [-0.1, -0.05) is 6.92 Å². The smallest absolute Gasteiger partial charge is 0.109 e. The Kier molecular flexibility index (Phi) is 5.07. The van der Waals surface area contributed by atoms with Crippen LogP contribution in [0, 0.1) is 0 Å². The SMILES string of the molecule is CCC/N=C\N=C(C)C. The van der Waals surface area contributed by atoms with E-state index in [2.05, 4.69) is 16.9 Å². The third kappa shape index (κ3) is 7.34. The molecule has 0 aliphatic rings. The predicted molar refractivity (Wildman–Crippen MR) is 42.4 cm³/mol. The first-order chi connectivity index (χ1) is 4.27. The second-order valence-electron chi connectivity index (χ2n) is 2.10. The van der Waals surface area contributed by atoms with Crippen LogP contribution in [0.15, 0.2) is 9.98 Å². The van der Waals surface area contributed by atoms with E-state index < -0.39 is 0 Å². The van der Waals surface area contributed by atoms with Gasteiger partial charge in [0.15, 0.2) is 0 Å². The van der Waals surface area contributed by atoms with Gasteiger partial charge >= 0.3 is 0 Å². The zero-order valence-corrected chi connectivity index (χ0v) is 6.39. The summed E-state index contributed by atoms with van der Waals surface area (Å²) in [5.74, 6) is 0. The van der Waals surface area contributed by atoms with Crippen molar-refractivity contribution in [3.8, 4) is 0 Å². The molecular formula is C7H14N2. The molecule has 0 rings (SSSR count). The summed E-state index contributed by atoms with van der Waals surface area (Å²) in [4.78, 5) is 8.00. The molecule has 0 bridgehead atoms. The summed E-state index contributed by atoms with van der Waals surface area (Å²) in [5.41, 5.74) is 1.05. The lowest BCUT2D eigenvalue weighted by Crippen LogP contribution is -1.81. The lowest BCUT2D eigenvalue weighted by Gasteiger charge is -1.83. The Morgan fingerprint density at radius 1 is 1.44 bits per heavy atom. The molecule has 0 saturated heterocycles. The Balaban J connectivity index is 3.35. The molecule has 0 amide bonds. The van der Waals surface area contributed by atoms with Crippen LogP contribution in [-0.4, -0.2) is 18.6 Å². The second-order valence-corrected chi connectivity index (χ2v) is 2.10. The van der Waals surface area contributed by atoms with Crippen molar-refractivity contribution in [1.29, 1.82) is 0 Å². The van der Waals surface area contributed by atoms with Crippen LogP contribution in [0.25, 0.3) is 0 Å². The Morgan fingerprint density at radius 2 is 2.11 bits per heavy atom. The van der Waals surface area contributed by atoms with Crippen molar-refractivity contribution < 1.29 is 0 Å². The number of hydrogen-bond donors (Lipinski definition) is 0. The van der Waals surface area contributed by atoms with Gasteiger partial charge in [-0.05, 0) is 20.3 Å². The number of nitrogens with zero attached hydrogens (tertiary/aromatic N) is 2. The first-order valence-electron chi connectivity index (χ1n) is 3.26. The largest absolute Gasteiger partial charge is 0.274 e. The van der Waals surface area contributed by atoms with E-state index in [1.807, 2.05) is 13.8 Å². The molecule has 0 saturated carbocycles. The highest BCUT2D eigenvalue weighted by atomic mass is 14.8. The Hall–Kier alpha value is -0.660. The fourth-order valence-electron chi connectivity index (χ4n) is 0.343. The van der Waals surface area contributed by atoms with Crippen molar-refractivity contribution in [2.45, 2.75) is 27.2 Å². The molecule has 9 heavy (non-hydrogen) atoms. The molecule has 0 atom stereocenters. The van der Waals surface area contributed by atoms with Crippen LogP contribution in [0.5, 0.6) is 0 Å². The standard InChI is InChI=1S/C7H14N2/c1-4-5-8-6-9-7(2)3/h6H,4-5H2,1-3H3/b8-6-. The van der Waals surface area contributed by atoms with E-state index in [9.17, 15) is 0 Å². The Bertz CT molecular complexity index is 110. The van der Waals surface area contributed by atoms with E-state index in [-0.39, 0.29) is 0 Å². The average molecular weight is 126 g/mol. The maximum Gasteiger partial charge on any atom is 0.109 e. The van der Waals surface area contributed by atoms with E-state index in [0.29, 0.717) is 0 Å². The normalized spacial score (nSPS) is 10.1. The Labute approximate surface area is 56.7 Å². The molecular weight excluding hydrogens is 112 g/mol. The molecule has 0 aliphatic heterocycles. The van der Waals surface area contributed by atoms with Crippen molar-refractivity contribution in [3.05, 3.63) is 0 Å². The molecule has 52 valence electrons. The minimum absolute atomic E-state index is 0.886. The van der Waals surface area contributed by atoms with Crippen molar-refractivity contribution >= 4 is 12.1 Å². The highest BCUT2D eigenvalue weighted by molar-refractivity contribution is 5.86. The van der Waals surface area contributed by atoms with Gasteiger partial charge in [-0.15, -0.1) is 0 Å². The van der Waals surface area contributed by atoms with Gasteiger partial charge < -0.3 is 0 Å². The molecule has 2 nitrogen and oxygen atoms in total. The van der Waals surface area contributed by atoms with Crippen molar-refractivity contribution in [3.63, 3.8) is 0 Å². The van der Waals surface area contributed by atoms with Gasteiger partial charge in [-0.25, -0.2) is 4.99 Å². The lowest BCUT2D eigenvalue weighted by atomic mass is 10.5. The van der Waals surface area contributed by atoms with Gasteiger partial charge in [0.25, 0.3) is 0 Å². The molecule has 0 aromatic rings. The summed E-state index contributed by atoms with van der Waals surface area (Å²) in [6, 6.07) is 0. The van der Waals surface area contributed by atoms with E-state index in [0.717, 1.165) is 18.7 Å². The summed E-state index contributed by atoms with van der Waals surface area (Å²) in [6.45, 7) is 6.90. The summed E-state index contributed by atoms with van der Waals surface area (Å²) < 4.78 is 0. The molecule has 0 radical (unpaired) electrons. The van der Waals surface area contributed by atoms with E-state index in [1.165, 1.54) is 0 Å². The van der Waals surface area contributed by atoms with E-state index in [1.54, 1.807) is 6.34 Å². The average Bonchev–Trinajstić information content (AvgIpc) is 1.80. The second kappa shape index (κ2) is 5.48. The molecule has 2 heteroatoms. The summed E-state index contributed by atoms with van der Waals surface area (Å²) in [6.07, 6.45) is 2.72. The zero-order chi connectivity index (χ0) is 7.11. The van der Waals surface area contributed by atoms with Crippen LogP contribution in [-0.2, 0) is 0 Å². The van der Waals surface area contributed by atoms with Gasteiger partial charge in [0, 0.05) is 12.3 Å². The van der Waals surface area contributed by atoms with Crippen molar-refractivity contribution in [2.75, 3.05) is 6.54 Å².